The van der Waals surface area contributed by atoms with E-state index in [0.717, 1.165) is 39.9 Å². The number of rotatable bonds is 6. The molecular formula is C21H23FN4O2S. The van der Waals surface area contributed by atoms with Gasteiger partial charge in [0.25, 0.3) is 5.91 Å². The van der Waals surface area contributed by atoms with E-state index in [-0.39, 0.29) is 17.6 Å². The number of nitrogens with one attached hydrogen (secondary N) is 1. The summed E-state index contributed by atoms with van der Waals surface area (Å²) in [5, 5.41) is 8.41. The molecule has 0 radical (unpaired) electrons. The maximum absolute atomic E-state index is 13.2. The normalized spacial score (nSPS) is 16.4. The minimum atomic E-state index is -0.310. The van der Waals surface area contributed by atoms with Crippen molar-refractivity contribution in [3.8, 4) is 5.75 Å². The zero-order valence-corrected chi connectivity index (χ0v) is 17.3. The molecular weight excluding hydrogens is 391 g/mol. The lowest BCUT2D eigenvalue weighted by atomic mass is 10.0. The minimum absolute atomic E-state index is 0.0647. The van der Waals surface area contributed by atoms with Crippen LogP contribution in [-0.4, -0.2) is 45.7 Å². The average Bonchev–Trinajstić information content (AvgIpc) is 3.41. The standard InChI is InChI=1S/C21H23FN4O2S/c1-13-20(29-14(2)23-13)21(27)26-8-6-15(12-26)19-11-17(24-25-19)7-9-28-18-5-3-4-16(22)10-18/h3-5,10-11,15H,6-9,12H2,1-2H3,(H,24,25). The molecule has 1 atom stereocenters. The van der Waals surface area contributed by atoms with Crippen LogP contribution in [0.5, 0.6) is 5.75 Å². The lowest BCUT2D eigenvalue weighted by molar-refractivity contribution is 0.0794. The quantitative estimate of drug-likeness (QED) is 0.665. The number of ether oxygens (including phenoxy) is 1. The lowest BCUT2D eigenvalue weighted by Crippen LogP contribution is -2.28. The molecule has 6 nitrogen and oxygen atoms in total. The summed E-state index contributed by atoms with van der Waals surface area (Å²) < 4.78 is 18.8. The number of amides is 1. The van der Waals surface area contributed by atoms with E-state index >= 15 is 0 Å². The van der Waals surface area contributed by atoms with Crippen LogP contribution in [0.3, 0.4) is 0 Å². The highest BCUT2D eigenvalue weighted by atomic mass is 32.1. The number of thiazole rings is 1. The Morgan fingerprint density at radius 1 is 1.38 bits per heavy atom. The van der Waals surface area contributed by atoms with Crippen LogP contribution in [0.25, 0.3) is 0 Å². The zero-order chi connectivity index (χ0) is 20.4. The molecule has 29 heavy (non-hydrogen) atoms. The second-order valence-corrected chi connectivity index (χ2v) is 8.46. The topological polar surface area (TPSA) is 71.1 Å². The average molecular weight is 415 g/mol. The number of likely N-dealkylation sites (tertiary alicyclic amines) is 1. The summed E-state index contributed by atoms with van der Waals surface area (Å²) in [6, 6.07) is 8.16. The van der Waals surface area contributed by atoms with E-state index in [1.54, 1.807) is 12.1 Å². The number of hydrogen-bond acceptors (Lipinski definition) is 5. The third-order valence-electron chi connectivity index (χ3n) is 5.08. The highest BCUT2D eigenvalue weighted by Gasteiger charge is 2.31. The number of benzene rings is 1. The summed E-state index contributed by atoms with van der Waals surface area (Å²) in [5.74, 6) is 0.496. The van der Waals surface area contributed by atoms with E-state index in [1.807, 2.05) is 24.8 Å². The van der Waals surface area contributed by atoms with Gasteiger partial charge < -0.3 is 9.64 Å². The Balaban J connectivity index is 1.31. The fourth-order valence-corrected chi connectivity index (χ4v) is 4.50. The molecule has 0 spiro atoms. The molecule has 8 heteroatoms. The molecule has 1 saturated heterocycles. The first kappa shape index (κ1) is 19.6. The van der Waals surface area contributed by atoms with Gasteiger partial charge in [0.2, 0.25) is 0 Å². The molecule has 4 rings (SSSR count). The Morgan fingerprint density at radius 2 is 2.24 bits per heavy atom. The molecule has 1 N–H and O–H groups in total. The summed E-state index contributed by atoms with van der Waals surface area (Å²) in [5.41, 5.74) is 2.75. The van der Waals surface area contributed by atoms with Crippen molar-refractivity contribution in [1.29, 1.82) is 0 Å². The highest BCUT2D eigenvalue weighted by molar-refractivity contribution is 7.13. The summed E-state index contributed by atoms with van der Waals surface area (Å²) in [4.78, 5) is 19.8. The van der Waals surface area contributed by atoms with Crippen LogP contribution in [0, 0.1) is 19.7 Å². The fraction of sp³-hybridized carbons (Fsp3) is 0.381. The first-order chi connectivity index (χ1) is 14.0. The van der Waals surface area contributed by atoms with Crippen molar-refractivity contribution in [3.05, 3.63) is 63.1 Å². The molecule has 1 aliphatic rings. The Kier molecular flexibility index (Phi) is 5.62. The summed E-state index contributed by atoms with van der Waals surface area (Å²) in [6.45, 7) is 5.63. The molecule has 0 saturated carbocycles. The van der Waals surface area contributed by atoms with Crippen molar-refractivity contribution in [2.45, 2.75) is 32.6 Å². The van der Waals surface area contributed by atoms with E-state index in [4.69, 9.17) is 4.74 Å². The van der Waals surface area contributed by atoms with Crippen molar-refractivity contribution in [3.63, 3.8) is 0 Å². The maximum Gasteiger partial charge on any atom is 0.265 e. The first-order valence-corrected chi connectivity index (χ1v) is 10.5. The van der Waals surface area contributed by atoms with Gasteiger partial charge in [0.1, 0.15) is 16.4 Å². The molecule has 2 aromatic heterocycles. The second-order valence-electron chi connectivity index (χ2n) is 7.26. The van der Waals surface area contributed by atoms with Crippen molar-refractivity contribution < 1.29 is 13.9 Å². The fourth-order valence-electron chi connectivity index (χ4n) is 3.61. The van der Waals surface area contributed by atoms with Gasteiger partial charge in [0.15, 0.2) is 0 Å². The molecule has 1 aromatic carbocycles. The van der Waals surface area contributed by atoms with Gasteiger partial charge in [-0.1, -0.05) is 6.07 Å². The number of aryl methyl sites for hydroxylation is 2. The number of aromatic amines is 1. The maximum atomic E-state index is 13.2. The molecule has 1 fully saturated rings. The largest absolute Gasteiger partial charge is 0.493 e. The Labute approximate surface area is 172 Å². The SMILES string of the molecule is Cc1nc(C)c(C(=O)N2CCC(c3cc(CCOc4cccc(F)c4)[nH]n3)C2)s1. The smallest absolute Gasteiger partial charge is 0.265 e. The molecule has 1 aliphatic heterocycles. The van der Waals surface area contributed by atoms with Gasteiger partial charge in [0.05, 0.1) is 23.0 Å². The van der Waals surface area contributed by atoms with Crippen LogP contribution in [0.2, 0.25) is 0 Å². The summed E-state index contributed by atoms with van der Waals surface area (Å²) in [7, 11) is 0. The van der Waals surface area contributed by atoms with Crippen LogP contribution < -0.4 is 4.74 Å². The van der Waals surface area contributed by atoms with Crippen LogP contribution >= 0.6 is 11.3 Å². The Morgan fingerprint density at radius 3 is 3.00 bits per heavy atom. The van der Waals surface area contributed by atoms with Gasteiger partial charge in [-0.15, -0.1) is 11.3 Å². The van der Waals surface area contributed by atoms with Crippen LogP contribution in [0.1, 0.15) is 44.1 Å². The molecule has 3 heterocycles. The van der Waals surface area contributed by atoms with Gasteiger partial charge >= 0.3 is 0 Å². The van der Waals surface area contributed by atoms with E-state index in [0.29, 0.717) is 25.3 Å². The number of carbonyl (C=O) groups excluding carboxylic acids is 1. The Bertz CT molecular complexity index is 1020. The number of aromatic nitrogens is 3. The zero-order valence-electron chi connectivity index (χ0n) is 16.4. The van der Waals surface area contributed by atoms with Gasteiger partial charge in [-0.2, -0.15) is 5.10 Å². The summed E-state index contributed by atoms with van der Waals surface area (Å²) in [6.07, 6.45) is 1.55. The predicted molar refractivity (Wildman–Crippen MR) is 109 cm³/mol. The molecule has 1 amide bonds. The molecule has 0 aliphatic carbocycles. The van der Waals surface area contributed by atoms with Crippen molar-refractivity contribution in [2.24, 2.45) is 0 Å². The van der Waals surface area contributed by atoms with Gasteiger partial charge in [0, 0.05) is 37.2 Å². The number of hydrogen-bond donors (Lipinski definition) is 1. The lowest BCUT2D eigenvalue weighted by Gasteiger charge is -2.15. The number of nitrogens with zero attached hydrogens (tertiary/aromatic N) is 3. The van der Waals surface area contributed by atoms with Gasteiger partial charge in [-0.25, -0.2) is 9.37 Å². The van der Waals surface area contributed by atoms with Crippen LogP contribution in [0.4, 0.5) is 4.39 Å². The third kappa shape index (κ3) is 4.48. The van der Waals surface area contributed by atoms with E-state index in [2.05, 4.69) is 15.2 Å². The minimum Gasteiger partial charge on any atom is -0.493 e. The number of carbonyl (C=O) groups is 1. The van der Waals surface area contributed by atoms with Crippen LogP contribution in [0.15, 0.2) is 30.3 Å². The van der Waals surface area contributed by atoms with Gasteiger partial charge in [-0.05, 0) is 38.5 Å². The predicted octanol–water partition coefficient (Wildman–Crippen LogP) is 3.87. The van der Waals surface area contributed by atoms with Crippen molar-refractivity contribution in [2.75, 3.05) is 19.7 Å². The molecule has 0 bridgehead atoms. The number of halogens is 1. The van der Waals surface area contributed by atoms with E-state index in [9.17, 15) is 9.18 Å². The van der Waals surface area contributed by atoms with E-state index in [1.165, 1.54) is 23.5 Å². The molecule has 1 unspecified atom stereocenters. The van der Waals surface area contributed by atoms with Crippen molar-refractivity contribution in [1.82, 2.24) is 20.1 Å². The van der Waals surface area contributed by atoms with E-state index < -0.39 is 0 Å². The second kappa shape index (κ2) is 8.32. The molecule has 152 valence electrons. The third-order valence-corrected chi connectivity index (χ3v) is 6.14. The monoisotopic (exact) mass is 414 g/mol. The number of H-pyrrole nitrogens is 1. The van der Waals surface area contributed by atoms with Crippen molar-refractivity contribution >= 4 is 17.2 Å². The highest BCUT2D eigenvalue weighted by Crippen LogP contribution is 2.29. The molecule has 3 aromatic rings. The first-order valence-electron chi connectivity index (χ1n) is 9.65. The van der Waals surface area contributed by atoms with Gasteiger partial charge in [-0.3, -0.25) is 9.89 Å². The Hall–Kier alpha value is -2.74. The summed E-state index contributed by atoms with van der Waals surface area (Å²) >= 11 is 1.46. The van der Waals surface area contributed by atoms with Crippen LogP contribution in [-0.2, 0) is 6.42 Å².